The van der Waals surface area contributed by atoms with E-state index in [9.17, 15) is 22.8 Å². The van der Waals surface area contributed by atoms with Crippen LogP contribution in [0.2, 0.25) is 0 Å². The summed E-state index contributed by atoms with van der Waals surface area (Å²) in [5, 5.41) is 6.21. The number of hydrogen-bond donors (Lipinski definition) is 1. The van der Waals surface area contributed by atoms with E-state index in [0.717, 1.165) is 46.6 Å². The number of nitrogens with zero attached hydrogens (tertiary/aromatic N) is 3. The van der Waals surface area contributed by atoms with Crippen molar-refractivity contribution in [3.63, 3.8) is 0 Å². The number of fused-ring (bicyclic) bond motifs is 3. The predicted molar refractivity (Wildman–Crippen MR) is 200 cm³/mol. The number of allylic oxidation sites excluding steroid dienone is 1. The number of thiazole rings is 1. The summed E-state index contributed by atoms with van der Waals surface area (Å²) < 4.78 is 38.2. The first kappa shape index (κ1) is 36.5. The normalized spacial score (nSPS) is 27.5. The summed E-state index contributed by atoms with van der Waals surface area (Å²) in [4.78, 5) is 53.5. The van der Waals surface area contributed by atoms with Crippen molar-refractivity contribution in [2.24, 2.45) is 17.8 Å². The van der Waals surface area contributed by atoms with Gasteiger partial charge in [-0.05, 0) is 76.3 Å². The Morgan fingerprint density at radius 1 is 1.12 bits per heavy atom. The predicted octanol–water partition coefficient (Wildman–Crippen LogP) is 5.79. The molecular formula is C39H48N4O7S2. The second kappa shape index (κ2) is 14.2. The maximum atomic E-state index is 14.2. The van der Waals surface area contributed by atoms with Gasteiger partial charge in [0.25, 0.3) is 0 Å². The number of benzene rings is 1. The summed E-state index contributed by atoms with van der Waals surface area (Å²) in [6.07, 6.45) is 7.96. The molecule has 3 fully saturated rings. The number of carbonyl (C=O) groups excluding carboxylic acids is 3. The average Bonchev–Trinajstić information content (AvgIpc) is 3.99. The molecule has 3 saturated carbocycles. The SMILES string of the molecule is COc1cc(O[C@@H]2C[C@H]3C(=O)N[C@]4(C(=O)CS(=O)(=O)C5CC5)C[C@H]4/C=C\CCCCN(C)C(=O)[C@@H]3C2)c2ccc(-c3nc(C(C)C)cs3)nc2c1C. The fourth-order valence-electron chi connectivity index (χ4n) is 7.78. The first-order chi connectivity index (χ1) is 24.8. The molecule has 3 aliphatic carbocycles. The minimum absolute atomic E-state index is 0.134. The molecule has 13 heteroatoms. The number of sulfone groups is 1. The van der Waals surface area contributed by atoms with Gasteiger partial charge in [0.15, 0.2) is 15.6 Å². The number of methoxy groups -OCH3 is 1. The number of aromatic nitrogens is 2. The number of hydrogen-bond acceptors (Lipinski definition) is 10. The number of aryl methyl sites for hydroxylation is 1. The second-order valence-electron chi connectivity index (χ2n) is 15.3. The third-order valence-electron chi connectivity index (χ3n) is 11.2. The maximum Gasteiger partial charge on any atom is 0.226 e. The molecule has 3 heterocycles. The van der Waals surface area contributed by atoms with Crippen LogP contribution in [-0.4, -0.2) is 84.2 Å². The lowest BCUT2D eigenvalue weighted by Crippen LogP contribution is -2.51. The van der Waals surface area contributed by atoms with Gasteiger partial charge in [0.2, 0.25) is 11.8 Å². The van der Waals surface area contributed by atoms with Crippen molar-refractivity contribution in [3.05, 3.63) is 47.0 Å². The van der Waals surface area contributed by atoms with E-state index in [2.05, 4.69) is 24.5 Å². The Balaban J connectivity index is 1.18. The van der Waals surface area contributed by atoms with Crippen molar-refractivity contribution in [1.82, 2.24) is 20.2 Å². The molecule has 0 bridgehead atoms. The van der Waals surface area contributed by atoms with Gasteiger partial charge in [0.1, 0.15) is 33.9 Å². The number of carbonyl (C=O) groups is 3. The van der Waals surface area contributed by atoms with Gasteiger partial charge in [-0.3, -0.25) is 14.4 Å². The van der Waals surface area contributed by atoms with Gasteiger partial charge in [0, 0.05) is 41.9 Å². The molecule has 0 saturated heterocycles. The number of pyridine rings is 1. The Hall–Kier alpha value is -3.84. The van der Waals surface area contributed by atoms with Crippen LogP contribution in [0.1, 0.15) is 82.4 Å². The zero-order valence-corrected chi connectivity index (χ0v) is 32.1. The highest BCUT2D eigenvalue weighted by molar-refractivity contribution is 7.93. The van der Waals surface area contributed by atoms with Crippen LogP contribution in [0.15, 0.2) is 35.7 Å². The molecule has 1 aromatic carbocycles. The lowest BCUT2D eigenvalue weighted by Gasteiger charge is -2.26. The van der Waals surface area contributed by atoms with Crippen LogP contribution in [0.3, 0.4) is 0 Å². The summed E-state index contributed by atoms with van der Waals surface area (Å²) in [7, 11) is -0.205. The summed E-state index contributed by atoms with van der Waals surface area (Å²) in [6.45, 7) is 6.74. The average molecular weight is 749 g/mol. The minimum Gasteiger partial charge on any atom is -0.496 e. The largest absolute Gasteiger partial charge is 0.496 e. The summed E-state index contributed by atoms with van der Waals surface area (Å²) >= 11 is 1.56. The molecule has 52 heavy (non-hydrogen) atoms. The second-order valence-corrected chi connectivity index (χ2v) is 18.5. The Labute approximate surface area is 309 Å². The van der Waals surface area contributed by atoms with Crippen LogP contribution < -0.4 is 14.8 Å². The first-order valence-electron chi connectivity index (χ1n) is 18.4. The van der Waals surface area contributed by atoms with E-state index >= 15 is 0 Å². The lowest BCUT2D eigenvalue weighted by atomic mass is 9.92. The summed E-state index contributed by atoms with van der Waals surface area (Å²) in [5.74, 6) is -1.86. The fraction of sp³-hybridized carbons (Fsp3) is 0.564. The molecule has 2 amide bonds. The smallest absolute Gasteiger partial charge is 0.226 e. The minimum atomic E-state index is -3.57. The number of amides is 2. The quantitative estimate of drug-likeness (QED) is 0.269. The monoisotopic (exact) mass is 748 g/mol. The van der Waals surface area contributed by atoms with Gasteiger partial charge < -0.3 is 19.7 Å². The Bertz CT molecular complexity index is 2040. The molecule has 0 radical (unpaired) electrons. The van der Waals surface area contributed by atoms with E-state index in [-0.39, 0.29) is 18.2 Å². The van der Waals surface area contributed by atoms with E-state index in [0.29, 0.717) is 55.2 Å². The molecule has 4 aliphatic rings. The van der Waals surface area contributed by atoms with Crippen LogP contribution in [0.25, 0.3) is 21.6 Å². The van der Waals surface area contributed by atoms with Gasteiger partial charge >= 0.3 is 0 Å². The molecular weight excluding hydrogens is 701 g/mol. The number of Topliss-reactive ketones (excluding diaryl/α,β-unsaturated/α-hetero) is 1. The topological polar surface area (TPSA) is 145 Å². The van der Waals surface area contributed by atoms with Crippen LogP contribution in [0, 0.1) is 24.7 Å². The lowest BCUT2D eigenvalue weighted by molar-refractivity contribution is -0.140. The van der Waals surface area contributed by atoms with Crippen molar-refractivity contribution in [1.29, 1.82) is 0 Å². The number of ether oxygens (including phenoxy) is 2. The van der Waals surface area contributed by atoms with Gasteiger partial charge in [-0.1, -0.05) is 26.0 Å². The molecule has 2 aromatic heterocycles. The van der Waals surface area contributed by atoms with Crippen LogP contribution in [-0.2, 0) is 24.2 Å². The van der Waals surface area contributed by atoms with Gasteiger partial charge in [-0.2, -0.15) is 0 Å². The van der Waals surface area contributed by atoms with E-state index < -0.39 is 56.0 Å². The zero-order valence-electron chi connectivity index (χ0n) is 30.5. The highest BCUT2D eigenvalue weighted by Gasteiger charge is 2.61. The maximum absolute atomic E-state index is 14.2. The summed E-state index contributed by atoms with van der Waals surface area (Å²) in [5.41, 5.74) is 2.06. The standard InChI is InChI=1S/C39H48N4O7S2/c1-22(2)31-20-51-37(41-31)30-14-13-27-33(18-32(49-5)23(3)35(27)40-30)50-25-16-28-29(17-25)38(46)43(4)15-9-7-6-8-10-24-19-39(24,42-36(28)45)34(44)21-52(47,48)26-11-12-26/h8,10,13-14,18,20,22,24-26,28-29H,6-7,9,11-12,15-17,19,21H2,1-5H3,(H,42,45)/b10-8-/t24-,25-,28-,29-,39-/m1/s1. The third-order valence-corrected chi connectivity index (χ3v) is 14.3. The number of rotatable bonds is 9. The van der Waals surface area contributed by atoms with Crippen molar-refractivity contribution in [2.45, 2.75) is 94.9 Å². The Morgan fingerprint density at radius 2 is 1.88 bits per heavy atom. The van der Waals surface area contributed by atoms with Crippen LogP contribution in [0.4, 0.5) is 0 Å². The third kappa shape index (κ3) is 7.10. The number of nitrogens with one attached hydrogen (secondary N) is 1. The van der Waals surface area contributed by atoms with Crippen LogP contribution in [0.5, 0.6) is 11.5 Å². The molecule has 5 atom stereocenters. The molecule has 1 N–H and O–H groups in total. The molecule has 11 nitrogen and oxygen atoms in total. The van der Waals surface area contributed by atoms with Gasteiger partial charge in [-0.25, -0.2) is 18.4 Å². The van der Waals surface area contributed by atoms with Gasteiger partial charge in [0.05, 0.1) is 41.1 Å². The number of ketones is 1. The van der Waals surface area contributed by atoms with Crippen LogP contribution >= 0.6 is 11.3 Å². The Kier molecular flexibility index (Phi) is 9.96. The Morgan fingerprint density at radius 3 is 2.60 bits per heavy atom. The molecule has 7 rings (SSSR count). The first-order valence-corrected chi connectivity index (χ1v) is 21.0. The summed E-state index contributed by atoms with van der Waals surface area (Å²) in [6, 6.07) is 5.74. The van der Waals surface area contributed by atoms with Crippen molar-refractivity contribution < 1.29 is 32.3 Å². The molecule has 0 unspecified atom stereocenters. The van der Waals surface area contributed by atoms with Crippen molar-refractivity contribution in [2.75, 3.05) is 26.5 Å². The van der Waals surface area contributed by atoms with E-state index in [1.807, 2.05) is 37.3 Å². The highest BCUT2D eigenvalue weighted by atomic mass is 32.2. The van der Waals surface area contributed by atoms with Crippen molar-refractivity contribution >= 4 is 49.7 Å². The zero-order chi connectivity index (χ0) is 36.9. The molecule has 1 aliphatic heterocycles. The molecule has 278 valence electrons. The molecule has 3 aromatic rings. The van der Waals surface area contributed by atoms with E-state index in [1.165, 1.54) is 0 Å². The molecule has 0 spiro atoms. The fourth-order valence-corrected chi connectivity index (χ4v) is 10.4. The van der Waals surface area contributed by atoms with Crippen molar-refractivity contribution in [3.8, 4) is 22.2 Å². The van der Waals surface area contributed by atoms with E-state index in [1.54, 1.807) is 30.4 Å². The highest BCUT2D eigenvalue weighted by Crippen LogP contribution is 2.48. The van der Waals surface area contributed by atoms with E-state index in [4.69, 9.17) is 19.4 Å². The van der Waals surface area contributed by atoms with Gasteiger partial charge in [-0.15, -0.1) is 11.3 Å².